The molecule has 3 N–H and O–H groups in total. The number of fused-ring (bicyclic) bond motifs is 1. The largest absolute Gasteiger partial charge is 0.490 e. The van der Waals surface area contributed by atoms with Crippen LogP contribution in [0, 0.1) is 0 Å². The summed E-state index contributed by atoms with van der Waals surface area (Å²) in [6, 6.07) is -0.884. The van der Waals surface area contributed by atoms with Crippen LogP contribution in [-0.2, 0) is 24.0 Å². The van der Waals surface area contributed by atoms with Gasteiger partial charge in [0.05, 0.1) is 12.8 Å². The summed E-state index contributed by atoms with van der Waals surface area (Å²) in [5, 5.41) is 28.4. The van der Waals surface area contributed by atoms with Gasteiger partial charge in [0.2, 0.25) is 5.71 Å². The summed E-state index contributed by atoms with van der Waals surface area (Å²) in [5.41, 5.74) is 0.504. The van der Waals surface area contributed by atoms with Crippen LogP contribution in [0.25, 0.3) is 0 Å². The van der Waals surface area contributed by atoms with Gasteiger partial charge < -0.3 is 20.0 Å². The van der Waals surface area contributed by atoms with E-state index in [2.05, 4.69) is 25.9 Å². The third-order valence-electron chi connectivity index (χ3n) is 4.87. The van der Waals surface area contributed by atoms with Crippen molar-refractivity contribution in [2.45, 2.75) is 29.8 Å². The Morgan fingerprint density at radius 2 is 2.35 bits per heavy atom. The third kappa shape index (κ3) is 5.20. The zero-order valence-electron chi connectivity index (χ0n) is 18.1. The number of oxime groups is 1. The van der Waals surface area contributed by atoms with E-state index < -0.39 is 29.2 Å². The minimum atomic E-state index is -1.19. The third-order valence-corrected chi connectivity index (χ3v) is 7.98. The highest BCUT2D eigenvalue weighted by atomic mass is 32.2. The Hall–Kier alpha value is -2.65. The topological polar surface area (TPSA) is 159 Å². The number of thioether (sulfide) groups is 3. The summed E-state index contributed by atoms with van der Waals surface area (Å²) >= 11 is 4.20. The lowest BCUT2D eigenvalue weighted by Gasteiger charge is -2.49. The van der Waals surface area contributed by atoms with E-state index in [1.165, 1.54) is 46.4 Å². The number of H-pyrrole nitrogens is 1. The van der Waals surface area contributed by atoms with Gasteiger partial charge in [0.15, 0.2) is 5.76 Å². The second kappa shape index (κ2) is 11.2. The molecule has 2 amide bonds. The van der Waals surface area contributed by atoms with Crippen molar-refractivity contribution in [1.29, 1.82) is 0 Å². The van der Waals surface area contributed by atoms with Crippen molar-refractivity contribution >= 4 is 58.8 Å². The quantitative estimate of drug-likeness (QED) is 0.131. The van der Waals surface area contributed by atoms with Gasteiger partial charge >= 0.3 is 5.97 Å². The highest BCUT2D eigenvalue weighted by molar-refractivity contribution is 8.02. The van der Waals surface area contributed by atoms with Crippen LogP contribution in [0.3, 0.4) is 0 Å². The maximum Gasteiger partial charge on any atom is 0.352 e. The van der Waals surface area contributed by atoms with Crippen molar-refractivity contribution in [2.24, 2.45) is 5.16 Å². The highest BCUT2D eigenvalue weighted by Crippen LogP contribution is 2.41. The predicted molar refractivity (Wildman–Crippen MR) is 127 cm³/mol. The molecule has 12 nitrogen and oxygen atoms in total. The summed E-state index contributed by atoms with van der Waals surface area (Å²) in [6.45, 7) is 2.66. The van der Waals surface area contributed by atoms with Crippen molar-refractivity contribution in [3.63, 3.8) is 0 Å². The van der Waals surface area contributed by atoms with Crippen molar-refractivity contribution in [1.82, 2.24) is 25.6 Å². The Kier molecular flexibility index (Phi) is 8.05. The van der Waals surface area contributed by atoms with Crippen molar-refractivity contribution < 1.29 is 29.1 Å². The Morgan fingerprint density at radius 1 is 1.50 bits per heavy atom. The molecule has 182 valence electrons. The number of hydrogen-bond donors (Lipinski definition) is 3. The van der Waals surface area contributed by atoms with Crippen molar-refractivity contribution in [3.05, 3.63) is 28.6 Å². The first-order chi connectivity index (χ1) is 16.5. The number of rotatable bonds is 10. The highest BCUT2D eigenvalue weighted by Gasteiger charge is 2.54. The fourth-order valence-corrected chi connectivity index (χ4v) is 6.22. The Bertz CT molecular complexity index is 1040. The maximum atomic E-state index is 13.0. The molecule has 1 aromatic rings. The molecule has 0 bridgehead atoms. The number of amides is 2. The van der Waals surface area contributed by atoms with Crippen LogP contribution in [0.1, 0.15) is 13.3 Å². The van der Waals surface area contributed by atoms with Crippen LogP contribution in [0.4, 0.5) is 0 Å². The molecule has 0 aromatic carbocycles. The zero-order chi connectivity index (χ0) is 24.1. The Balaban J connectivity index is 1.47. The number of carboxylic acids is 1. The molecule has 0 saturated carbocycles. The summed E-state index contributed by atoms with van der Waals surface area (Å²) in [5.74, 6) is -0.507. The maximum absolute atomic E-state index is 13.0. The van der Waals surface area contributed by atoms with E-state index in [1.54, 1.807) is 5.41 Å². The van der Waals surface area contributed by atoms with Crippen LogP contribution in [-0.4, -0.2) is 90.8 Å². The molecule has 3 aliphatic rings. The van der Waals surface area contributed by atoms with Gasteiger partial charge in [0.25, 0.3) is 11.8 Å². The number of nitrogens with zero attached hydrogens (tertiary/aromatic N) is 4. The number of β-lactam (4-membered cyclic amide) rings is 1. The van der Waals surface area contributed by atoms with Crippen LogP contribution in [0.2, 0.25) is 0 Å². The van der Waals surface area contributed by atoms with Gasteiger partial charge in [-0.15, -0.1) is 28.6 Å². The van der Waals surface area contributed by atoms with Gasteiger partial charge in [0, 0.05) is 22.7 Å². The van der Waals surface area contributed by atoms with Gasteiger partial charge in [-0.2, -0.15) is 10.3 Å². The first kappa shape index (κ1) is 24.5. The second-order valence-corrected chi connectivity index (χ2v) is 10.3. The monoisotopic (exact) mass is 526 g/mol. The minimum Gasteiger partial charge on any atom is -0.490 e. The van der Waals surface area contributed by atoms with E-state index in [4.69, 9.17) is 9.57 Å². The lowest BCUT2D eigenvalue weighted by molar-refractivity contribution is -0.150. The molecule has 34 heavy (non-hydrogen) atoms. The number of aromatic nitrogens is 3. The SMILES string of the molecule is CCCON=C(C(=O)NC1C(=O)N2C(C(=O)O)=C(CSc3cn[nH]n3)CS[C@H]12)C1=CSCCO1. The number of aromatic amines is 1. The Labute approximate surface area is 207 Å². The predicted octanol–water partition coefficient (Wildman–Crippen LogP) is 1.02. The van der Waals surface area contributed by atoms with Gasteiger partial charge in [-0.05, 0) is 12.0 Å². The molecule has 0 spiro atoms. The van der Waals surface area contributed by atoms with Gasteiger partial charge in [0.1, 0.15) is 28.7 Å². The molecular formula is C19H22N6O6S3. The smallest absolute Gasteiger partial charge is 0.352 e. The first-order valence-electron chi connectivity index (χ1n) is 10.4. The lowest BCUT2D eigenvalue weighted by Crippen LogP contribution is -2.71. The molecule has 2 atom stereocenters. The fraction of sp³-hybridized carbons (Fsp3) is 0.474. The van der Waals surface area contributed by atoms with Crippen molar-refractivity contribution in [3.8, 4) is 0 Å². The molecule has 1 unspecified atom stereocenters. The molecule has 4 heterocycles. The van der Waals surface area contributed by atoms with E-state index in [0.717, 1.165) is 5.75 Å². The molecule has 1 fully saturated rings. The molecule has 15 heteroatoms. The number of aliphatic carboxylic acids is 1. The first-order valence-corrected chi connectivity index (χ1v) is 13.4. The molecule has 0 aliphatic carbocycles. The summed E-state index contributed by atoms with van der Waals surface area (Å²) in [6.07, 6.45) is 2.25. The number of carboxylic acid groups (broad SMARTS) is 1. The number of ether oxygens (including phenoxy) is 1. The number of carbonyl (C=O) groups is 3. The van der Waals surface area contributed by atoms with Gasteiger partial charge in [-0.25, -0.2) is 4.79 Å². The number of carbonyl (C=O) groups excluding carboxylic acids is 2. The van der Waals surface area contributed by atoms with E-state index in [9.17, 15) is 19.5 Å². The normalized spacial score (nSPS) is 22.4. The fourth-order valence-electron chi connectivity index (χ4n) is 3.32. The summed E-state index contributed by atoms with van der Waals surface area (Å²) in [7, 11) is 0. The minimum absolute atomic E-state index is 0.0496. The number of nitrogens with one attached hydrogen (secondary N) is 2. The summed E-state index contributed by atoms with van der Waals surface area (Å²) < 4.78 is 5.55. The van der Waals surface area contributed by atoms with E-state index in [1.807, 2.05) is 6.92 Å². The second-order valence-electron chi connectivity index (χ2n) is 7.19. The Morgan fingerprint density at radius 3 is 3.03 bits per heavy atom. The standard InChI is InChI=1S/C19H22N6O6S3/c1-2-3-31-23-13(11-9-32-5-4-30-11)16(26)21-14-17(27)25-15(19(28)29)10(8-34-18(14)25)7-33-12-6-20-24-22-12/h6,9,14,18H,2-5,7-8H2,1H3,(H,21,26)(H,28,29)(H,20,22,24)/t14?,18-/m1/s1. The zero-order valence-corrected chi connectivity index (χ0v) is 20.5. The number of hydrogen-bond acceptors (Lipinski definition) is 11. The summed E-state index contributed by atoms with van der Waals surface area (Å²) in [4.78, 5) is 44.4. The van der Waals surface area contributed by atoms with Crippen molar-refractivity contribution in [2.75, 3.05) is 30.5 Å². The van der Waals surface area contributed by atoms with Gasteiger partial charge in [-0.3, -0.25) is 14.5 Å². The van der Waals surface area contributed by atoms with E-state index >= 15 is 0 Å². The molecule has 0 radical (unpaired) electrons. The molecular weight excluding hydrogens is 504 g/mol. The van der Waals surface area contributed by atoms with Crippen LogP contribution < -0.4 is 5.32 Å². The van der Waals surface area contributed by atoms with Crippen LogP contribution in [0.15, 0.2) is 38.8 Å². The molecule has 4 rings (SSSR count). The average Bonchev–Trinajstić information content (AvgIpc) is 3.37. The van der Waals surface area contributed by atoms with E-state index in [-0.39, 0.29) is 17.2 Å². The van der Waals surface area contributed by atoms with Crippen LogP contribution in [0.5, 0.6) is 0 Å². The van der Waals surface area contributed by atoms with Gasteiger partial charge in [-0.1, -0.05) is 23.8 Å². The molecule has 1 aromatic heterocycles. The molecule has 1 saturated heterocycles. The van der Waals surface area contributed by atoms with Crippen LogP contribution >= 0.6 is 35.3 Å². The average molecular weight is 527 g/mol. The molecule has 3 aliphatic heterocycles. The van der Waals surface area contributed by atoms with E-state index in [0.29, 0.717) is 41.7 Å². The lowest BCUT2D eigenvalue weighted by atomic mass is 10.0.